The SMILES string of the molecule is O=C(O)c1ccc2ccccc2c1OCCSC(F)(F)F. The molecule has 0 spiro atoms. The Morgan fingerprint density at radius 1 is 1.19 bits per heavy atom. The molecule has 0 amide bonds. The average molecular weight is 316 g/mol. The number of halogens is 3. The van der Waals surface area contributed by atoms with Crippen LogP contribution in [0, 0.1) is 0 Å². The van der Waals surface area contributed by atoms with Gasteiger partial charge in [-0.05, 0) is 23.2 Å². The Kier molecular flexibility index (Phi) is 4.62. The minimum Gasteiger partial charge on any atom is -0.491 e. The van der Waals surface area contributed by atoms with Crippen molar-refractivity contribution in [1.29, 1.82) is 0 Å². The highest BCUT2D eigenvalue weighted by atomic mass is 32.2. The van der Waals surface area contributed by atoms with Crippen LogP contribution in [0.5, 0.6) is 5.75 Å². The molecule has 1 N–H and O–H groups in total. The van der Waals surface area contributed by atoms with E-state index in [1.54, 1.807) is 30.3 Å². The highest BCUT2D eigenvalue weighted by Gasteiger charge is 2.27. The summed E-state index contributed by atoms with van der Waals surface area (Å²) in [5, 5.41) is 10.5. The monoisotopic (exact) mass is 316 g/mol. The van der Waals surface area contributed by atoms with E-state index in [2.05, 4.69) is 0 Å². The number of ether oxygens (including phenoxy) is 1. The van der Waals surface area contributed by atoms with Crippen LogP contribution in [0.15, 0.2) is 36.4 Å². The van der Waals surface area contributed by atoms with Crippen LogP contribution in [0.25, 0.3) is 10.8 Å². The van der Waals surface area contributed by atoms with E-state index in [1.807, 2.05) is 0 Å². The Morgan fingerprint density at radius 2 is 1.90 bits per heavy atom. The fraction of sp³-hybridized carbons (Fsp3) is 0.214. The molecule has 7 heteroatoms. The van der Waals surface area contributed by atoms with Crippen LogP contribution < -0.4 is 4.74 Å². The molecule has 3 nitrogen and oxygen atoms in total. The van der Waals surface area contributed by atoms with Gasteiger partial charge < -0.3 is 9.84 Å². The summed E-state index contributed by atoms with van der Waals surface area (Å²) in [6.45, 7) is -0.224. The topological polar surface area (TPSA) is 46.5 Å². The number of aromatic carboxylic acids is 1. The number of rotatable bonds is 5. The van der Waals surface area contributed by atoms with Gasteiger partial charge in [-0.3, -0.25) is 0 Å². The van der Waals surface area contributed by atoms with Gasteiger partial charge >= 0.3 is 11.5 Å². The molecular weight excluding hydrogens is 305 g/mol. The van der Waals surface area contributed by atoms with E-state index < -0.39 is 11.5 Å². The van der Waals surface area contributed by atoms with E-state index in [-0.39, 0.29) is 35.4 Å². The Bertz CT molecular complexity index is 655. The summed E-state index contributed by atoms with van der Waals surface area (Å²) < 4.78 is 41.5. The number of carboxylic acids is 1. The second-order valence-corrected chi connectivity index (χ2v) is 5.27. The molecule has 0 aliphatic rings. The summed E-state index contributed by atoms with van der Waals surface area (Å²) in [6, 6.07) is 9.97. The molecule has 2 rings (SSSR count). The van der Waals surface area contributed by atoms with Crippen molar-refractivity contribution >= 4 is 28.5 Å². The van der Waals surface area contributed by atoms with Gasteiger partial charge in [-0.15, -0.1) is 0 Å². The number of hydrogen-bond donors (Lipinski definition) is 1. The Balaban J connectivity index is 2.23. The van der Waals surface area contributed by atoms with Crippen LogP contribution in [-0.2, 0) is 0 Å². The van der Waals surface area contributed by atoms with E-state index in [1.165, 1.54) is 6.07 Å². The Morgan fingerprint density at radius 3 is 2.57 bits per heavy atom. The zero-order valence-electron chi connectivity index (χ0n) is 10.7. The first-order valence-electron chi connectivity index (χ1n) is 5.97. The number of hydrogen-bond acceptors (Lipinski definition) is 3. The first-order chi connectivity index (χ1) is 9.88. The third-order valence-corrected chi connectivity index (χ3v) is 3.40. The quantitative estimate of drug-likeness (QED) is 0.841. The van der Waals surface area contributed by atoms with Gasteiger partial charge in [0.2, 0.25) is 0 Å². The summed E-state index contributed by atoms with van der Waals surface area (Å²) in [4.78, 5) is 11.2. The first kappa shape index (κ1) is 15.5. The summed E-state index contributed by atoms with van der Waals surface area (Å²) >= 11 is -0.200. The average Bonchev–Trinajstić information content (AvgIpc) is 2.42. The molecule has 0 atom stereocenters. The van der Waals surface area contributed by atoms with Gasteiger partial charge in [0.15, 0.2) is 0 Å². The number of carbonyl (C=O) groups is 1. The fourth-order valence-corrected chi connectivity index (χ4v) is 2.27. The molecule has 0 radical (unpaired) electrons. The second kappa shape index (κ2) is 6.26. The molecule has 0 fully saturated rings. The van der Waals surface area contributed by atoms with Crippen molar-refractivity contribution in [3.63, 3.8) is 0 Å². The van der Waals surface area contributed by atoms with Crippen LogP contribution in [0.2, 0.25) is 0 Å². The predicted octanol–water partition coefficient (Wildman–Crippen LogP) is 4.17. The van der Waals surface area contributed by atoms with Gasteiger partial charge in [0.1, 0.15) is 11.3 Å². The van der Waals surface area contributed by atoms with Gasteiger partial charge in [-0.1, -0.05) is 30.3 Å². The first-order valence-corrected chi connectivity index (χ1v) is 6.95. The molecule has 0 saturated heterocycles. The zero-order chi connectivity index (χ0) is 15.5. The predicted molar refractivity (Wildman–Crippen MR) is 74.9 cm³/mol. The number of benzene rings is 2. The van der Waals surface area contributed by atoms with Gasteiger partial charge in [0, 0.05) is 11.1 Å². The molecule has 0 heterocycles. The number of alkyl halides is 3. The number of fused-ring (bicyclic) bond motifs is 1. The van der Waals surface area contributed by atoms with Crippen molar-refractivity contribution in [3.8, 4) is 5.75 Å². The molecule has 0 unspecified atom stereocenters. The fourth-order valence-electron chi connectivity index (χ4n) is 1.87. The normalized spacial score (nSPS) is 11.6. The highest BCUT2D eigenvalue weighted by molar-refractivity contribution is 8.00. The van der Waals surface area contributed by atoms with Gasteiger partial charge in [0.05, 0.1) is 6.61 Å². The molecule has 112 valence electrons. The van der Waals surface area contributed by atoms with Crippen LogP contribution >= 0.6 is 11.8 Å². The van der Waals surface area contributed by atoms with Gasteiger partial charge in [-0.2, -0.15) is 13.2 Å². The van der Waals surface area contributed by atoms with Crippen LogP contribution in [-0.4, -0.2) is 28.9 Å². The smallest absolute Gasteiger partial charge is 0.441 e. The highest BCUT2D eigenvalue weighted by Crippen LogP contribution is 2.32. The zero-order valence-corrected chi connectivity index (χ0v) is 11.5. The second-order valence-electron chi connectivity index (χ2n) is 4.11. The number of thioether (sulfide) groups is 1. The summed E-state index contributed by atoms with van der Waals surface area (Å²) in [6.07, 6.45) is 0. The summed E-state index contributed by atoms with van der Waals surface area (Å²) in [7, 11) is 0. The van der Waals surface area contributed by atoms with Crippen molar-refractivity contribution in [2.24, 2.45) is 0 Å². The maximum atomic E-state index is 12.1. The standard InChI is InChI=1S/C14H11F3O3S/c15-14(16,17)21-8-7-20-12-10-4-2-1-3-9(10)5-6-11(12)13(18)19/h1-6H,7-8H2,(H,18,19). The lowest BCUT2D eigenvalue weighted by Crippen LogP contribution is -2.10. The molecule has 0 aromatic heterocycles. The van der Waals surface area contributed by atoms with Crippen LogP contribution in [0.1, 0.15) is 10.4 Å². The lowest BCUT2D eigenvalue weighted by atomic mass is 10.1. The van der Waals surface area contributed by atoms with Crippen LogP contribution in [0.3, 0.4) is 0 Å². The maximum absolute atomic E-state index is 12.1. The molecule has 21 heavy (non-hydrogen) atoms. The lowest BCUT2D eigenvalue weighted by molar-refractivity contribution is -0.0329. The third-order valence-electron chi connectivity index (χ3n) is 2.71. The maximum Gasteiger partial charge on any atom is 0.441 e. The minimum atomic E-state index is -4.32. The summed E-state index contributed by atoms with van der Waals surface area (Å²) in [5.74, 6) is -1.38. The molecular formula is C14H11F3O3S. The van der Waals surface area contributed by atoms with E-state index in [0.29, 0.717) is 5.39 Å². The molecule has 0 bridgehead atoms. The van der Waals surface area contributed by atoms with Crippen molar-refractivity contribution in [1.82, 2.24) is 0 Å². The summed E-state index contributed by atoms with van der Waals surface area (Å²) in [5.41, 5.74) is -4.39. The van der Waals surface area contributed by atoms with Crippen molar-refractivity contribution < 1.29 is 27.8 Å². The van der Waals surface area contributed by atoms with Crippen molar-refractivity contribution in [2.45, 2.75) is 5.51 Å². The molecule has 2 aromatic rings. The van der Waals surface area contributed by atoms with E-state index in [0.717, 1.165) is 5.39 Å². The van der Waals surface area contributed by atoms with Crippen LogP contribution in [0.4, 0.5) is 13.2 Å². The van der Waals surface area contributed by atoms with E-state index >= 15 is 0 Å². The lowest BCUT2D eigenvalue weighted by Gasteiger charge is -2.12. The third kappa shape index (κ3) is 4.04. The largest absolute Gasteiger partial charge is 0.491 e. The number of carboxylic acid groups (broad SMARTS) is 1. The molecule has 0 aliphatic carbocycles. The van der Waals surface area contributed by atoms with E-state index in [9.17, 15) is 18.0 Å². The molecule has 2 aromatic carbocycles. The Hall–Kier alpha value is -1.89. The molecule has 0 aliphatic heterocycles. The minimum absolute atomic E-state index is 0.0642. The molecule has 0 saturated carbocycles. The van der Waals surface area contributed by atoms with Gasteiger partial charge in [-0.25, -0.2) is 4.79 Å². The van der Waals surface area contributed by atoms with E-state index in [4.69, 9.17) is 9.84 Å². The van der Waals surface area contributed by atoms with Crippen molar-refractivity contribution in [2.75, 3.05) is 12.4 Å². The van der Waals surface area contributed by atoms with Gasteiger partial charge in [0.25, 0.3) is 0 Å². The Labute approximate surface area is 122 Å². The van der Waals surface area contributed by atoms with Crippen molar-refractivity contribution in [3.05, 3.63) is 42.0 Å².